The molecule has 1 N–H and O–H groups in total. The molecule has 0 aromatic carbocycles. The lowest BCUT2D eigenvalue weighted by Gasteiger charge is -2.25. The highest BCUT2D eigenvalue weighted by Crippen LogP contribution is 2.19. The summed E-state index contributed by atoms with van der Waals surface area (Å²) in [4.78, 5) is 0. The lowest BCUT2D eigenvalue weighted by atomic mass is 9.85. The van der Waals surface area contributed by atoms with Gasteiger partial charge in [0.25, 0.3) is 0 Å². The summed E-state index contributed by atoms with van der Waals surface area (Å²) in [6, 6.07) is 0. The zero-order valence-electron chi connectivity index (χ0n) is 11.3. The van der Waals surface area contributed by atoms with Crippen LogP contribution >= 0.6 is 0 Å². The van der Waals surface area contributed by atoms with Crippen molar-refractivity contribution in [2.24, 2.45) is 23.7 Å². The summed E-state index contributed by atoms with van der Waals surface area (Å²) in [5.74, 6) is 2.90. The second kappa shape index (κ2) is 8.12. The Morgan fingerprint density at radius 2 is 1.47 bits per heavy atom. The van der Waals surface area contributed by atoms with Gasteiger partial charge in [0.05, 0.1) is 0 Å². The van der Waals surface area contributed by atoms with Crippen LogP contribution < -0.4 is 5.32 Å². The van der Waals surface area contributed by atoms with E-state index in [1.165, 1.54) is 0 Å². The highest BCUT2D eigenvalue weighted by atomic mass is 16.5. The fraction of sp³-hybridized carbons (Fsp3) is 1.00. The fourth-order valence-corrected chi connectivity index (χ4v) is 2.08. The largest absolute Gasteiger partial charge is 0.384 e. The zero-order chi connectivity index (χ0) is 11.8. The van der Waals surface area contributed by atoms with Crippen LogP contribution in [0, 0.1) is 23.7 Å². The summed E-state index contributed by atoms with van der Waals surface area (Å²) in [6.07, 6.45) is 0. The van der Waals surface area contributed by atoms with Crippen LogP contribution in [0.2, 0.25) is 0 Å². The molecule has 0 spiro atoms. The minimum absolute atomic E-state index is 0.606. The maximum atomic E-state index is 5.12. The minimum atomic E-state index is 0.606. The van der Waals surface area contributed by atoms with Gasteiger partial charge >= 0.3 is 0 Å². The van der Waals surface area contributed by atoms with Crippen molar-refractivity contribution in [1.82, 2.24) is 5.32 Å². The Labute approximate surface area is 95.8 Å². The van der Waals surface area contributed by atoms with Gasteiger partial charge in [-0.2, -0.15) is 0 Å². The van der Waals surface area contributed by atoms with E-state index in [9.17, 15) is 0 Å². The zero-order valence-corrected chi connectivity index (χ0v) is 11.3. The van der Waals surface area contributed by atoms with Gasteiger partial charge in [-0.3, -0.25) is 0 Å². The third-order valence-electron chi connectivity index (χ3n) is 3.04. The van der Waals surface area contributed by atoms with Gasteiger partial charge in [-0.15, -0.1) is 0 Å². The first-order valence-electron chi connectivity index (χ1n) is 6.18. The second-order valence-corrected chi connectivity index (χ2v) is 5.37. The van der Waals surface area contributed by atoms with E-state index in [0.29, 0.717) is 5.92 Å². The maximum Gasteiger partial charge on any atom is 0.0499 e. The molecule has 0 aliphatic rings. The molecular formula is C13H29NO. The van der Waals surface area contributed by atoms with Gasteiger partial charge in [0.15, 0.2) is 0 Å². The Morgan fingerprint density at radius 3 is 1.87 bits per heavy atom. The van der Waals surface area contributed by atoms with Gasteiger partial charge < -0.3 is 10.1 Å². The topological polar surface area (TPSA) is 21.3 Å². The molecule has 15 heavy (non-hydrogen) atoms. The molecule has 2 nitrogen and oxygen atoms in total. The van der Waals surface area contributed by atoms with Crippen molar-refractivity contribution in [1.29, 1.82) is 0 Å². The molecule has 0 radical (unpaired) electrons. The van der Waals surface area contributed by atoms with Crippen LogP contribution in [-0.2, 0) is 4.74 Å². The molecule has 0 heterocycles. The molecule has 0 aromatic heterocycles. The number of hydrogen-bond donors (Lipinski definition) is 1. The first-order chi connectivity index (χ1) is 6.99. The van der Waals surface area contributed by atoms with Crippen molar-refractivity contribution in [2.45, 2.75) is 34.6 Å². The van der Waals surface area contributed by atoms with E-state index in [0.717, 1.165) is 37.5 Å². The predicted octanol–water partition coefficient (Wildman–Crippen LogP) is 2.79. The van der Waals surface area contributed by atoms with Crippen LogP contribution in [-0.4, -0.2) is 26.8 Å². The van der Waals surface area contributed by atoms with Crippen molar-refractivity contribution >= 4 is 0 Å². The molecule has 0 saturated heterocycles. The second-order valence-electron chi connectivity index (χ2n) is 5.37. The molecule has 1 atom stereocenters. The lowest BCUT2D eigenvalue weighted by molar-refractivity contribution is 0.156. The molecule has 0 aromatic rings. The number of ether oxygens (including phenoxy) is 1. The summed E-state index contributed by atoms with van der Waals surface area (Å²) >= 11 is 0. The van der Waals surface area contributed by atoms with Crippen LogP contribution in [0.5, 0.6) is 0 Å². The molecule has 92 valence electrons. The summed E-state index contributed by atoms with van der Waals surface area (Å²) in [5, 5.41) is 3.55. The Kier molecular flexibility index (Phi) is 8.07. The molecule has 0 aliphatic heterocycles. The van der Waals surface area contributed by atoms with Crippen LogP contribution in [0.1, 0.15) is 34.6 Å². The summed E-state index contributed by atoms with van der Waals surface area (Å²) < 4.78 is 5.12. The monoisotopic (exact) mass is 215 g/mol. The van der Waals surface area contributed by atoms with E-state index in [1.807, 2.05) is 0 Å². The molecule has 0 amide bonds. The third-order valence-corrected chi connectivity index (χ3v) is 3.04. The van der Waals surface area contributed by atoms with Crippen molar-refractivity contribution in [3.63, 3.8) is 0 Å². The SMILES string of the molecule is COCC(C)CNCC(C(C)C)C(C)C. The first-order valence-corrected chi connectivity index (χ1v) is 6.18. The third kappa shape index (κ3) is 6.91. The Bertz CT molecular complexity index is 137. The van der Waals surface area contributed by atoms with E-state index in [1.54, 1.807) is 7.11 Å². The average Bonchev–Trinajstić information content (AvgIpc) is 2.11. The maximum absolute atomic E-state index is 5.12. The summed E-state index contributed by atoms with van der Waals surface area (Å²) in [7, 11) is 1.77. The van der Waals surface area contributed by atoms with E-state index in [-0.39, 0.29) is 0 Å². The number of methoxy groups -OCH3 is 1. The standard InChI is InChI=1S/C13H29NO/c1-10(2)13(11(3)4)8-14-7-12(5)9-15-6/h10-14H,7-9H2,1-6H3. The normalized spacial score (nSPS) is 14.2. The Morgan fingerprint density at radius 1 is 0.933 bits per heavy atom. The highest BCUT2D eigenvalue weighted by molar-refractivity contribution is 4.70. The smallest absolute Gasteiger partial charge is 0.0499 e. The number of rotatable bonds is 8. The molecule has 2 heteroatoms. The van der Waals surface area contributed by atoms with Gasteiger partial charge in [0.2, 0.25) is 0 Å². The van der Waals surface area contributed by atoms with Crippen LogP contribution in [0.3, 0.4) is 0 Å². The molecular weight excluding hydrogens is 186 g/mol. The molecule has 0 rings (SSSR count). The highest BCUT2D eigenvalue weighted by Gasteiger charge is 2.16. The molecule has 0 saturated carbocycles. The number of nitrogens with one attached hydrogen (secondary N) is 1. The molecule has 1 unspecified atom stereocenters. The quantitative estimate of drug-likeness (QED) is 0.672. The van der Waals surface area contributed by atoms with Crippen molar-refractivity contribution in [3.05, 3.63) is 0 Å². The molecule has 0 fully saturated rings. The van der Waals surface area contributed by atoms with Crippen molar-refractivity contribution in [3.8, 4) is 0 Å². The van der Waals surface area contributed by atoms with E-state index >= 15 is 0 Å². The minimum Gasteiger partial charge on any atom is -0.384 e. The van der Waals surface area contributed by atoms with Crippen molar-refractivity contribution < 1.29 is 4.74 Å². The summed E-state index contributed by atoms with van der Waals surface area (Å²) in [5.41, 5.74) is 0. The van der Waals surface area contributed by atoms with Gasteiger partial charge in [-0.25, -0.2) is 0 Å². The van der Waals surface area contributed by atoms with E-state index in [2.05, 4.69) is 39.9 Å². The van der Waals surface area contributed by atoms with Gasteiger partial charge in [0, 0.05) is 13.7 Å². The Balaban J connectivity index is 3.71. The fourth-order valence-electron chi connectivity index (χ4n) is 2.08. The first kappa shape index (κ1) is 14.9. The Hall–Kier alpha value is -0.0800. The van der Waals surface area contributed by atoms with Gasteiger partial charge in [0.1, 0.15) is 0 Å². The van der Waals surface area contributed by atoms with Crippen LogP contribution in [0.15, 0.2) is 0 Å². The van der Waals surface area contributed by atoms with Crippen LogP contribution in [0.4, 0.5) is 0 Å². The van der Waals surface area contributed by atoms with E-state index in [4.69, 9.17) is 4.74 Å². The van der Waals surface area contributed by atoms with Crippen molar-refractivity contribution in [2.75, 3.05) is 26.8 Å². The van der Waals surface area contributed by atoms with Gasteiger partial charge in [-0.1, -0.05) is 34.6 Å². The van der Waals surface area contributed by atoms with Crippen LogP contribution in [0.25, 0.3) is 0 Å². The summed E-state index contributed by atoms with van der Waals surface area (Å²) in [6.45, 7) is 14.5. The predicted molar refractivity (Wildman–Crippen MR) is 67.1 cm³/mol. The molecule has 0 aliphatic carbocycles. The average molecular weight is 215 g/mol. The van der Waals surface area contributed by atoms with E-state index < -0.39 is 0 Å². The molecule has 0 bridgehead atoms. The number of hydrogen-bond acceptors (Lipinski definition) is 2. The van der Waals surface area contributed by atoms with Gasteiger partial charge in [-0.05, 0) is 36.8 Å². The lowest BCUT2D eigenvalue weighted by Crippen LogP contribution is -2.33.